The summed E-state index contributed by atoms with van der Waals surface area (Å²) >= 11 is 0. The van der Waals surface area contributed by atoms with Crippen molar-refractivity contribution in [2.24, 2.45) is 0 Å². The maximum atomic E-state index is 15.0. The molecule has 1 aliphatic heterocycles. The second-order valence-electron chi connectivity index (χ2n) is 9.71. The van der Waals surface area contributed by atoms with Crippen LogP contribution in [0.5, 0.6) is 0 Å². The van der Waals surface area contributed by atoms with Crippen LogP contribution in [0.3, 0.4) is 0 Å². The number of nitrogens with zero attached hydrogens (tertiary/aromatic N) is 6. The Morgan fingerprint density at radius 1 is 1.17 bits per heavy atom. The Morgan fingerprint density at radius 2 is 2.00 bits per heavy atom. The molecule has 1 fully saturated rings. The maximum absolute atomic E-state index is 15.0. The molecule has 9 heteroatoms. The second-order valence-corrected chi connectivity index (χ2v) is 9.71. The summed E-state index contributed by atoms with van der Waals surface area (Å²) in [6.45, 7) is 4.84. The van der Waals surface area contributed by atoms with E-state index >= 15 is 4.39 Å². The van der Waals surface area contributed by atoms with Gasteiger partial charge in [0.1, 0.15) is 5.82 Å². The fourth-order valence-corrected chi connectivity index (χ4v) is 4.61. The van der Waals surface area contributed by atoms with Crippen LogP contribution in [-0.2, 0) is 4.79 Å². The Kier molecular flexibility index (Phi) is 6.40. The summed E-state index contributed by atoms with van der Waals surface area (Å²) in [5.41, 5.74) is 4.64. The number of anilines is 3. The average Bonchev–Trinajstić information content (AvgIpc) is 3.29. The number of halogens is 1. The number of nitrogens with one attached hydrogen (secondary N) is 1. The van der Waals surface area contributed by atoms with Gasteiger partial charge in [-0.15, -0.1) is 0 Å². The van der Waals surface area contributed by atoms with Gasteiger partial charge < -0.3 is 15.1 Å². The quantitative estimate of drug-likeness (QED) is 0.419. The summed E-state index contributed by atoms with van der Waals surface area (Å²) in [6, 6.07) is 10.8. The van der Waals surface area contributed by atoms with E-state index in [0.29, 0.717) is 30.5 Å². The molecule has 0 radical (unpaired) electrons. The van der Waals surface area contributed by atoms with Gasteiger partial charge in [-0.05, 0) is 62.8 Å². The van der Waals surface area contributed by atoms with Crippen molar-refractivity contribution in [1.82, 2.24) is 24.5 Å². The van der Waals surface area contributed by atoms with E-state index in [0.717, 1.165) is 28.8 Å². The number of aromatic nitrogens is 4. The highest BCUT2D eigenvalue weighted by Gasteiger charge is 2.28. The van der Waals surface area contributed by atoms with Gasteiger partial charge in [0.2, 0.25) is 11.9 Å². The number of rotatable bonds is 6. The zero-order chi connectivity index (χ0) is 25.4. The molecular formula is C27H30FN7O. The largest absolute Gasteiger partial charge is 0.322 e. The highest BCUT2D eigenvalue weighted by molar-refractivity contribution is 5.94. The maximum Gasteiger partial charge on any atom is 0.228 e. The van der Waals surface area contributed by atoms with Gasteiger partial charge >= 0.3 is 0 Å². The summed E-state index contributed by atoms with van der Waals surface area (Å²) in [5, 5.41) is 7.40. The smallest absolute Gasteiger partial charge is 0.228 e. The van der Waals surface area contributed by atoms with Crippen LogP contribution < -0.4 is 10.2 Å². The number of pyridine rings is 1. The molecule has 3 aromatic heterocycles. The third kappa shape index (κ3) is 4.66. The molecule has 186 valence electrons. The lowest BCUT2D eigenvalue weighted by molar-refractivity contribution is -0.120. The lowest BCUT2D eigenvalue weighted by Crippen LogP contribution is -2.45. The minimum atomic E-state index is -0.466. The molecule has 5 rings (SSSR count). The summed E-state index contributed by atoms with van der Waals surface area (Å²) in [7, 11) is 3.95. The zero-order valence-electron chi connectivity index (χ0n) is 20.9. The predicted molar refractivity (Wildman–Crippen MR) is 139 cm³/mol. The molecule has 1 amide bonds. The highest BCUT2D eigenvalue weighted by atomic mass is 19.1. The number of fused-ring (bicyclic) bond motifs is 1. The number of piperidine rings is 1. The topological polar surface area (TPSA) is 78.7 Å². The van der Waals surface area contributed by atoms with Crippen LogP contribution in [0, 0.1) is 5.82 Å². The van der Waals surface area contributed by atoms with Crippen molar-refractivity contribution in [3.63, 3.8) is 0 Å². The number of carbonyl (C=O) groups is 1. The Bertz CT molecular complexity index is 1410. The molecule has 1 N–H and O–H groups in total. The van der Waals surface area contributed by atoms with Crippen LogP contribution in [-0.4, -0.2) is 57.1 Å². The second kappa shape index (κ2) is 9.66. The molecule has 1 unspecified atom stereocenters. The molecule has 1 saturated heterocycles. The Hall–Kier alpha value is -3.85. The third-order valence-electron chi connectivity index (χ3n) is 6.76. The van der Waals surface area contributed by atoms with Gasteiger partial charge in [0.25, 0.3) is 0 Å². The first-order valence-corrected chi connectivity index (χ1v) is 12.1. The molecule has 36 heavy (non-hydrogen) atoms. The number of hydrogen-bond donors (Lipinski definition) is 1. The first-order valence-electron chi connectivity index (χ1n) is 12.1. The molecule has 0 aliphatic carbocycles. The fraction of sp³-hybridized carbons (Fsp3) is 0.333. The average molecular weight is 488 g/mol. The first kappa shape index (κ1) is 23.9. The van der Waals surface area contributed by atoms with Crippen molar-refractivity contribution in [3.05, 3.63) is 66.4 Å². The van der Waals surface area contributed by atoms with E-state index < -0.39 is 5.82 Å². The van der Waals surface area contributed by atoms with Gasteiger partial charge in [0.05, 0.1) is 23.1 Å². The molecule has 1 aliphatic rings. The molecule has 4 aromatic rings. The van der Waals surface area contributed by atoms with Gasteiger partial charge in [-0.2, -0.15) is 5.10 Å². The molecular weight excluding hydrogens is 457 g/mol. The van der Waals surface area contributed by atoms with E-state index in [1.165, 1.54) is 6.07 Å². The van der Waals surface area contributed by atoms with E-state index in [-0.39, 0.29) is 17.6 Å². The first-order chi connectivity index (χ1) is 17.3. The van der Waals surface area contributed by atoms with Crippen LogP contribution in [0.4, 0.5) is 21.7 Å². The van der Waals surface area contributed by atoms with E-state index in [1.54, 1.807) is 23.2 Å². The van der Waals surface area contributed by atoms with Crippen LogP contribution in [0.15, 0.2) is 55.0 Å². The SMILES string of the molecule is CC(C)c1cnn2ccc(-c3ccnc(Nc4ccc(N5CCC(N(C)C)CC5=O)cc4F)n3)cc12. The van der Waals surface area contributed by atoms with E-state index in [1.807, 2.05) is 43.1 Å². The van der Waals surface area contributed by atoms with Crippen LogP contribution >= 0.6 is 0 Å². The lowest BCUT2D eigenvalue weighted by atomic mass is 10.0. The third-order valence-corrected chi connectivity index (χ3v) is 6.76. The Morgan fingerprint density at radius 3 is 2.72 bits per heavy atom. The van der Waals surface area contributed by atoms with Crippen LogP contribution in [0.25, 0.3) is 16.8 Å². The molecule has 8 nitrogen and oxygen atoms in total. The number of carbonyl (C=O) groups excluding carboxylic acids is 1. The van der Waals surface area contributed by atoms with E-state index in [4.69, 9.17) is 0 Å². The molecule has 0 bridgehead atoms. The summed E-state index contributed by atoms with van der Waals surface area (Å²) < 4.78 is 16.9. The van der Waals surface area contributed by atoms with Crippen molar-refractivity contribution in [2.75, 3.05) is 30.9 Å². The van der Waals surface area contributed by atoms with Crippen molar-refractivity contribution < 1.29 is 9.18 Å². The van der Waals surface area contributed by atoms with Crippen molar-refractivity contribution in [2.45, 2.75) is 38.6 Å². The highest BCUT2D eigenvalue weighted by Crippen LogP contribution is 2.29. The fourth-order valence-electron chi connectivity index (χ4n) is 4.61. The van der Waals surface area contributed by atoms with Crippen molar-refractivity contribution in [1.29, 1.82) is 0 Å². The molecule has 1 atom stereocenters. The lowest BCUT2D eigenvalue weighted by Gasteiger charge is -2.34. The summed E-state index contributed by atoms with van der Waals surface area (Å²) in [5.74, 6) is 0.179. The Balaban J connectivity index is 1.35. The number of hydrogen-bond acceptors (Lipinski definition) is 6. The van der Waals surface area contributed by atoms with Gasteiger partial charge in [-0.25, -0.2) is 18.9 Å². The van der Waals surface area contributed by atoms with Gasteiger partial charge in [-0.3, -0.25) is 4.79 Å². The number of amides is 1. The zero-order valence-corrected chi connectivity index (χ0v) is 20.9. The van der Waals surface area contributed by atoms with Gasteiger partial charge in [-0.1, -0.05) is 13.8 Å². The molecule has 4 heterocycles. The minimum absolute atomic E-state index is 0.00636. The predicted octanol–water partition coefficient (Wildman–Crippen LogP) is 4.85. The summed E-state index contributed by atoms with van der Waals surface area (Å²) in [4.78, 5) is 25.2. The monoisotopic (exact) mass is 487 g/mol. The van der Waals surface area contributed by atoms with E-state index in [9.17, 15) is 4.79 Å². The minimum Gasteiger partial charge on any atom is -0.322 e. The molecule has 0 spiro atoms. The number of benzene rings is 1. The Labute approximate surface area is 209 Å². The standard InChI is InChI=1S/C27H30FN7O/c1-17(2)21-16-30-35-12-8-18(13-25(21)35)23-7-10-29-27(31-23)32-24-6-5-20(14-22(24)28)34-11-9-19(33(3)4)15-26(34)36/h5-8,10,12-14,16-17,19H,9,11,15H2,1-4H3,(H,29,31,32). The molecule has 0 saturated carbocycles. The van der Waals surface area contributed by atoms with Gasteiger partial charge in [0, 0.05) is 48.2 Å². The van der Waals surface area contributed by atoms with Crippen LogP contribution in [0.1, 0.15) is 38.2 Å². The normalized spacial score (nSPS) is 16.4. The van der Waals surface area contributed by atoms with E-state index in [2.05, 4.69) is 45.2 Å². The van der Waals surface area contributed by atoms with Crippen molar-refractivity contribution >= 4 is 28.7 Å². The van der Waals surface area contributed by atoms with Gasteiger partial charge in [0.15, 0.2) is 0 Å². The molecule has 1 aromatic carbocycles. The summed E-state index contributed by atoms with van der Waals surface area (Å²) in [6.07, 6.45) is 6.73. The van der Waals surface area contributed by atoms with Crippen molar-refractivity contribution in [3.8, 4) is 11.3 Å². The van der Waals surface area contributed by atoms with Crippen LogP contribution in [0.2, 0.25) is 0 Å².